The van der Waals surface area contributed by atoms with Crippen LogP contribution in [0.2, 0.25) is 0 Å². The highest BCUT2D eigenvalue weighted by Crippen LogP contribution is 2.36. The maximum Gasteiger partial charge on any atom is 0.231 e. The Morgan fingerprint density at radius 2 is 2.36 bits per heavy atom. The Labute approximate surface area is 87.8 Å². The minimum absolute atomic E-state index is 0.0372. The number of hydrogen-bond donors (Lipinski definition) is 1. The second-order valence-corrected chi connectivity index (χ2v) is 3.91. The Morgan fingerprint density at radius 3 is 3.07 bits per heavy atom. The van der Waals surface area contributed by atoms with Crippen LogP contribution in [0.3, 0.4) is 0 Å². The van der Waals surface area contributed by atoms with Gasteiger partial charge in [-0.25, -0.2) is 0 Å². The first-order valence-corrected chi connectivity index (χ1v) is 5.01. The maximum atomic E-state index is 11.5. The third-order valence-electron chi connectivity index (χ3n) is 2.74. The van der Waals surface area contributed by atoms with Gasteiger partial charge in [0.05, 0.1) is 17.1 Å². The highest BCUT2D eigenvalue weighted by molar-refractivity contribution is 6.31. The number of carbonyl (C=O) groups is 1. The minimum Gasteiger partial charge on any atom is -0.376 e. The molecule has 0 aromatic rings. The van der Waals surface area contributed by atoms with Crippen LogP contribution in [0.25, 0.3) is 0 Å². The Bertz CT molecular complexity index is 322. The lowest BCUT2D eigenvalue weighted by molar-refractivity contribution is -0.123. The SMILES string of the molecule is COC1CCC2C(=O)NC=CC2=C1Cl. The highest BCUT2D eigenvalue weighted by atomic mass is 35.5. The van der Waals surface area contributed by atoms with Crippen LogP contribution < -0.4 is 5.32 Å². The van der Waals surface area contributed by atoms with Crippen molar-refractivity contribution in [1.82, 2.24) is 5.32 Å². The van der Waals surface area contributed by atoms with Gasteiger partial charge < -0.3 is 10.1 Å². The van der Waals surface area contributed by atoms with Gasteiger partial charge in [-0.1, -0.05) is 11.6 Å². The molecule has 0 radical (unpaired) electrons. The van der Waals surface area contributed by atoms with Gasteiger partial charge in [-0.2, -0.15) is 0 Å². The van der Waals surface area contributed by atoms with Gasteiger partial charge in [0.1, 0.15) is 0 Å². The van der Waals surface area contributed by atoms with E-state index in [4.69, 9.17) is 16.3 Å². The van der Waals surface area contributed by atoms with E-state index in [1.165, 1.54) is 0 Å². The first-order valence-electron chi connectivity index (χ1n) is 4.63. The number of hydrogen-bond acceptors (Lipinski definition) is 2. The molecule has 1 heterocycles. The van der Waals surface area contributed by atoms with Crippen LogP contribution in [-0.2, 0) is 9.53 Å². The molecule has 2 rings (SSSR count). The third kappa shape index (κ3) is 1.47. The van der Waals surface area contributed by atoms with Crippen LogP contribution in [0.5, 0.6) is 0 Å². The number of rotatable bonds is 1. The van der Waals surface area contributed by atoms with Crippen molar-refractivity contribution in [2.45, 2.75) is 18.9 Å². The summed E-state index contributed by atoms with van der Waals surface area (Å²) in [7, 11) is 1.64. The molecule has 0 saturated heterocycles. The molecule has 2 unspecified atom stereocenters. The van der Waals surface area contributed by atoms with E-state index >= 15 is 0 Å². The largest absolute Gasteiger partial charge is 0.376 e. The van der Waals surface area contributed by atoms with Gasteiger partial charge in [-0.05, 0) is 24.5 Å². The van der Waals surface area contributed by atoms with Crippen molar-refractivity contribution in [3.8, 4) is 0 Å². The van der Waals surface area contributed by atoms with Crippen molar-refractivity contribution in [2.24, 2.45) is 5.92 Å². The molecule has 0 spiro atoms. The fourth-order valence-electron chi connectivity index (χ4n) is 1.96. The van der Waals surface area contributed by atoms with Gasteiger partial charge in [0.25, 0.3) is 0 Å². The lowest BCUT2D eigenvalue weighted by Crippen LogP contribution is -2.35. The molecular weight excluding hydrogens is 202 g/mol. The van der Waals surface area contributed by atoms with Gasteiger partial charge in [0.2, 0.25) is 5.91 Å². The maximum absolute atomic E-state index is 11.5. The quantitative estimate of drug-likeness (QED) is 0.718. The number of ether oxygens (including phenoxy) is 1. The molecule has 0 saturated carbocycles. The smallest absolute Gasteiger partial charge is 0.231 e. The Balaban J connectivity index is 2.37. The van der Waals surface area contributed by atoms with Crippen molar-refractivity contribution < 1.29 is 9.53 Å². The summed E-state index contributed by atoms with van der Waals surface area (Å²) in [4.78, 5) is 11.5. The topological polar surface area (TPSA) is 38.3 Å². The standard InChI is InChI=1S/C10H12ClNO2/c1-14-8-3-2-7-6(9(8)11)4-5-12-10(7)13/h4-5,7-8H,2-3H2,1H3,(H,12,13). The molecule has 1 aliphatic heterocycles. The Morgan fingerprint density at radius 1 is 1.57 bits per heavy atom. The summed E-state index contributed by atoms with van der Waals surface area (Å²) < 4.78 is 5.23. The van der Waals surface area contributed by atoms with Crippen LogP contribution in [0.4, 0.5) is 0 Å². The Hall–Kier alpha value is -0.800. The van der Waals surface area contributed by atoms with Crippen molar-refractivity contribution in [3.63, 3.8) is 0 Å². The first kappa shape index (κ1) is 9.74. The lowest BCUT2D eigenvalue weighted by Gasteiger charge is -2.30. The first-order chi connectivity index (χ1) is 6.74. The van der Waals surface area contributed by atoms with Crippen molar-refractivity contribution in [2.75, 3.05) is 7.11 Å². The van der Waals surface area contributed by atoms with Crippen LogP contribution in [0.1, 0.15) is 12.8 Å². The van der Waals surface area contributed by atoms with Gasteiger partial charge in [0, 0.05) is 13.3 Å². The second kappa shape index (κ2) is 3.75. The number of fused-ring (bicyclic) bond motifs is 1. The van der Waals surface area contributed by atoms with Crippen molar-refractivity contribution in [1.29, 1.82) is 0 Å². The predicted octanol–water partition coefficient (Wildman–Crippen LogP) is 1.55. The van der Waals surface area contributed by atoms with Crippen molar-refractivity contribution >= 4 is 17.5 Å². The van der Waals surface area contributed by atoms with Crippen LogP contribution >= 0.6 is 11.6 Å². The molecule has 76 valence electrons. The molecule has 0 aromatic heterocycles. The molecular formula is C10H12ClNO2. The van der Waals surface area contributed by atoms with E-state index in [-0.39, 0.29) is 17.9 Å². The molecule has 1 N–H and O–H groups in total. The molecule has 0 aromatic carbocycles. The monoisotopic (exact) mass is 213 g/mol. The van der Waals surface area contributed by atoms with E-state index < -0.39 is 0 Å². The molecule has 3 nitrogen and oxygen atoms in total. The number of methoxy groups -OCH3 is 1. The highest BCUT2D eigenvalue weighted by Gasteiger charge is 2.33. The number of carbonyl (C=O) groups excluding carboxylic acids is 1. The second-order valence-electron chi connectivity index (χ2n) is 3.50. The number of allylic oxidation sites excluding steroid dienone is 1. The van der Waals surface area contributed by atoms with E-state index in [1.807, 2.05) is 6.08 Å². The van der Waals surface area contributed by atoms with Gasteiger partial charge in [0.15, 0.2) is 0 Å². The summed E-state index contributed by atoms with van der Waals surface area (Å²) in [5.74, 6) is -0.0471. The molecule has 4 heteroatoms. The van der Waals surface area contributed by atoms with Crippen LogP contribution in [-0.4, -0.2) is 19.1 Å². The third-order valence-corrected chi connectivity index (χ3v) is 3.20. The summed E-state index contributed by atoms with van der Waals surface area (Å²) in [5, 5.41) is 3.36. The molecule has 1 amide bonds. The molecule has 2 atom stereocenters. The molecule has 0 bridgehead atoms. The average Bonchev–Trinajstić information content (AvgIpc) is 2.20. The fourth-order valence-corrected chi connectivity index (χ4v) is 2.35. The van der Waals surface area contributed by atoms with E-state index in [0.29, 0.717) is 5.03 Å². The zero-order chi connectivity index (χ0) is 10.1. The molecule has 0 fully saturated rings. The lowest BCUT2D eigenvalue weighted by atomic mass is 9.84. The van der Waals surface area contributed by atoms with E-state index in [0.717, 1.165) is 18.4 Å². The summed E-state index contributed by atoms with van der Waals surface area (Å²) in [6.45, 7) is 0. The summed E-state index contributed by atoms with van der Waals surface area (Å²) in [5.41, 5.74) is 0.911. The zero-order valence-electron chi connectivity index (χ0n) is 7.92. The average molecular weight is 214 g/mol. The summed E-state index contributed by atoms with van der Waals surface area (Å²) in [6.07, 6.45) is 5.07. The van der Waals surface area contributed by atoms with E-state index in [9.17, 15) is 4.79 Å². The zero-order valence-corrected chi connectivity index (χ0v) is 8.67. The Kier molecular flexibility index (Phi) is 2.61. The van der Waals surface area contributed by atoms with Gasteiger partial charge in [-0.3, -0.25) is 4.79 Å². The molecule has 1 aliphatic carbocycles. The molecule has 14 heavy (non-hydrogen) atoms. The summed E-state index contributed by atoms with van der Waals surface area (Å²) in [6, 6.07) is 0. The fraction of sp³-hybridized carbons (Fsp3) is 0.500. The van der Waals surface area contributed by atoms with Gasteiger partial charge >= 0.3 is 0 Å². The number of amides is 1. The number of halogens is 1. The predicted molar refractivity (Wildman–Crippen MR) is 53.7 cm³/mol. The van der Waals surface area contributed by atoms with Crippen molar-refractivity contribution in [3.05, 3.63) is 22.9 Å². The van der Waals surface area contributed by atoms with E-state index in [1.54, 1.807) is 13.3 Å². The van der Waals surface area contributed by atoms with Crippen LogP contribution in [0.15, 0.2) is 22.9 Å². The number of nitrogens with one attached hydrogen (secondary N) is 1. The molecule has 2 aliphatic rings. The van der Waals surface area contributed by atoms with Gasteiger partial charge in [-0.15, -0.1) is 0 Å². The normalized spacial score (nSPS) is 31.4. The summed E-state index contributed by atoms with van der Waals surface area (Å²) >= 11 is 6.15. The van der Waals surface area contributed by atoms with E-state index in [2.05, 4.69) is 5.32 Å². The van der Waals surface area contributed by atoms with Crippen LogP contribution in [0, 0.1) is 5.92 Å². The minimum atomic E-state index is -0.0844.